The maximum atomic E-state index is 12.5. The summed E-state index contributed by atoms with van der Waals surface area (Å²) in [5.41, 5.74) is 3.10. The molecule has 0 fully saturated rings. The van der Waals surface area contributed by atoms with Gasteiger partial charge in [0, 0.05) is 12.2 Å². The lowest BCUT2D eigenvalue weighted by atomic mass is 10.1. The summed E-state index contributed by atoms with van der Waals surface area (Å²) in [6.07, 6.45) is 1.39. The van der Waals surface area contributed by atoms with Crippen LogP contribution in [0.5, 0.6) is 11.5 Å². The van der Waals surface area contributed by atoms with Gasteiger partial charge in [-0.05, 0) is 56.2 Å². The minimum atomic E-state index is -0.377. The largest absolute Gasteiger partial charge is 0.493 e. The molecular formula is C24H28N4O3S. The van der Waals surface area contributed by atoms with Gasteiger partial charge in [0.15, 0.2) is 28.6 Å². The number of aromatic nitrogens is 3. The number of thioether (sulfide) groups is 1. The molecule has 1 N–H and O–H groups in total. The highest BCUT2D eigenvalue weighted by Gasteiger charge is 2.21. The van der Waals surface area contributed by atoms with Crippen LogP contribution in [-0.4, -0.2) is 33.5 Å². The number of nitrogens with one attached hydrogen (secondary N) is 1. The van der Waals surface area contributed by atoms with Crippen molar-refractivity contribution in [2.45, 2.75) is 38.6 Å². The maximum Gasteiger partial charge on any atom is 0.234 e. The second kappa shape index (κ2) is 10.9. The molecule has 0 aliphatic heterocycles. The predicted molar refractivity (Wildman–Crippen MR) is 128 cm³/mol. The zero-order valence-electron chi connectivity index (χ0n) is 18.8. The SMILES string of the molecule is C=CCn1c(SCC(=O)Nc2ccc(C)c(C)c2)nnc1C(C)Oc1ccccc1OC. The average molecular weight is 453 g/mol. The zero-order valence-corrected chi connectivity index (χ0v) is 19.6. The van der Waals surface area contributed by atoms with E-state index in [1.54, 1.807) is 13.2 Å². The molecule has 7 nitrogen and oxygen atoms in total. The lowest BCUT2D eigenvalue weighted by Crippen LogP contribution is -2.15. The molecule has 1 atom stereocenters. The van der Waals surface area contributed by atoms with E-state index in [-0.39, 0.29) is 17.8 Å². The Kier molecular flexibility index (Phi) is 7.94. The van der Waals surface area contributed by atoms with Crippen molar-refractivity contribution in [2.75, 3.05) is 18.2 Å². The van der Waals surface area contributed by atoms with E-state index in [9.17, 15) is 4.79 Å². The molecule has 3 aromatic rings. The molecule has 3 rings (SSSR count). The van der Waals surface area contributed by atoms with Crippen LogP contribution < -0.4 is 14.8 Å². The van der Waals surface area contributed by atoms with Crippen LogP contribution in [0.15, 0.2) is 60.3 Å². The monoisotopic (exact) mass is 452 g/mol. The van der Waals surface area contributed by atoms with Gasteiger partial charge in [-0.2, -0.15) is 0 Å². The van der Waals surface area contributed by atoms with Gasteiger partial charge < -0.3 is 14.8 Å². The van der Waals surface area contributed by atoms with Crippen molar-refractivity contribution in [2.24, 2.45) is 0 Å². The summed E-state index contributed by atoms with van der Waals surface area (Å²) in [5.74, 6) is 2.02. The van der Waals surface area contributed by atoms with Gasteiger partial charge >= 0.3 is 0 Å². The number of amides is 1. The average Bonchev–Trinajstić information content (AvgIpc) is 3.18. The summed E-state index contributed by atoms with van der Waals surface area (Å²) < 4.78 is 13.3. The second-order valence-electron chi connectivity index (χ2n) is 7.29. The quantitative estimate of drug-likeness (QED) is 0.346. The van der Waals surface area contributed by atoms with E-state index in [1.165, 1.54) is 17.3 Å². The lowest BCUT2D eigenvalue weighted by molar-refractivity contribution is -0.113. The molecule has 0 saturated heterocycles. The number of nitrogens with zero attached hydrogens (tertiary/aromatic N) is 3. The fraction of sp³-hybridized carbons (Fsp3) is 0.292. The highest BCUT2D eigenvalue weighted by atomic mass is 32.2. The van der Waals surface area contributed by atoms with Gasteiger partial charge in [-0.15, -0.1) is 16.8 Å². The molecule has 2 aromatic carbocycles. The Bertz CT molecular complexity index is 1100. The third-order valence-corrected chi connectivity index (χ3v) is 5.88. The molecule has 1 aromatic heterocycles. The number of rotatable bonds is 10. The number of anilines is 1. The highest BCUT2D eigenvalue weighted by Crippen LogP contribution is 2.31. The van der Waals surface area contributed by atoms with Gasteiger partial charge in [0.25, 0.3) is 0 Å². The highest BCUT2D eigenvalue weighted by molar-refractivity contribution is 7.99. The van der Waals surface area contributed by atoms with Crippen LogP contribution >= 0.6 is 11.8 Å². The topological polar surface area (TPSA) is 78.3 Å². The van der Waals surface area contributed by atoms with Crippen LogP contribution in [0.3, 0.4) is 0 Å². The Morgan fingerprint density at radius 2 is 1.94 bits per heavy atom. The summed E-state index contributed by atoms with van der Waals surface area (Å²) in [4.78, 5) is 12.5. The Morgan fingerprint density at radius 3 is 2.62 bits per heavy atom. The van der Waals surface area contributed by atoms with E-state index >= 15 is 0 Å². The van der Waals surface area contributed by atoms with Gasteiger partial charge in [0.1, 0.15) is 0 Å². The molecule has 32 heavy (non-hydrogen) atoms. The first-order valence-corrected chi connectivity index (χ1v) is 11.2. The number of aryl methyl sites for hydroxylation is 2. The summed E-state index contributed by atoms with van der Waals surface area (Å²) in [6.45, 7) is 10.3. The van der Waals surface area contributed by atoms with Crippen LogP contribution in [0, 0.1) is 13.8 Å². The zero-order chi connectivity index (χ0) is 23.1. The predicted octanol–water partition coefficient (Wildman–Crippen LogP) is 4.96. The molecule has 0 saturated carbocycles. The first kappa shape index (κ1) is 23.4. The van der Waals surface area contributed by atoms with E-state index in [0.717, 1.165) is 11.3 Å². The molecule has 0 aliphatic carbocycles. The Morgan fingerprint density at radius 1 is 1.19 bits per heavy atom. The minimum Gasteiger partial charge on any atom is -0.493 e. The fourth-order valence-corrected chi connectivity index (χ4v) is 3.87. The summed E-state index contributed by atoms with van der Waals surface area (Å²) in [5, 5.41) is 12.2. The number of allylic oxidation sites excluding steroid dienone is 1. The van der Waals surface area contributed by atoms with Crippen LogP contribution in [-0.2, 0) is 11.3 Å². The van der Waals surface area contributed by atoms with E-state index in [4.69, 9.17) is 9.47 Å². The van der Waals surface area contributed by atoms with Gasteiger partial charge in [-0.25, -0.2) is 0 Å². The molecule has 0 spiro atoms. The maximum absolute atomic E-state index is 12.5. The molecule has 1 unspecified atom stereocenters. The fourth-order valence-electron chi connectivity index (χ4n) is 3.11. The number of para-hydroxylation sites is 2. The molecule has 1 amide bonds. The van der Waals surface area contributed by atoms with E-state index in [0.29, 0.717) is 29.0 Å². The number of benzene rings is 2. The number of hydrogen-bond acceptors (Lipinski definition) is 6. The third kappa shape index (κ3) is 5.70. The third-order valence-electron chi connectivity index (χ3n) is 4.92. The van der Waals surface area contributed by atoms with E-state index < -0.39 is 0 Å². The standard InChI is InChI=1S/C24H28N4O3S/c1-6-13-28-23(18(4)31-21-10-8-7-9-20(21)30-5)26-27-24(28)32-15-22(29)25-19-12-11-16(2)17(3)14-19/h6-12,14,18H,1,13,15H2,2-5H3,(H,25,29). The lowest BCUT2D eigenvalue weighted by Gasteiger charge is -2.17. The van der Waals surface area contributed by atoms with E-state index in [2.05, 4.69) is 22.1 Å². The molecular weight excluding hydrogens is 424 g/mol. The van der Waals surface area contributed by atoms with Crippen molar-refractivity contribution in [1.29, 1.82) is 0 Å². The summed E-state index contributed by atoms with van der Waals surface area (Å²) in [6, 6.07) is 13.3. The number of carbonyl (C=O) groups is 1. The summed E-state index contributed by atoms with van der Waals surface area (Å²) in [7, 11) is 1.60. The molecule has 0 bridgehead atoms. The van der Waals surface area contributed by atoms with Crippen molar-refractivity contribution in [3.63, 3.8) is 0 Å². The van der Waals surface area contributed by atoms with Crippen molar-refractivity contribution >= 4 is 23.4 Å². The van der Waals surface area contributed by atoms with E-state index in [1.807, 2.05) is 67.8 Å². The Labute approximate surface area is 192 Å². The smallest absolute Gasteiger partial charge is 0.234 e. The van der Waals surface area contributed by atoms with Crippen LogP contribution in [0.4, 0.5) is 5.69 Å². The summed E-state index contributed by atoms with van der Waals surface area (Å²) >= 11 is 1.32. The Hall–Kier alpha value is -3.26. The van der Waals surface area contributed by atoms with Gasteiger partial charge in [0.05, 0.1) is 12.9 Å². The molecule has 0 radical (unpaired) electrons. The number of ether oxygens (including phenoxy) is 2. The van der Waals surface area contributed by atoms with Gasteiger partial charge in [0.2, 0.25) is 5.91 Å². The normalized spacial score (nSPS) is 11.6. The van der Waals surface area contributed by atoms with Crippen LogP contribution in [0.2, 0.25) is 0 Å². The van der Waals surface area contributed by atoms with Crippen molar-refractivity contribution in [3.8, 4) is 11.5 Å². The van der Waals surface area contributed by atoms with Crippen molar-refractivity contribution in [3.05, 3.63) is 72.1 Å². The number of hydrogen-bond donors (Lipinski definition) is 1. The van der Waals surface area contributed by atoms with Gasteiger partial charge in [-0.3, -0.25) is 9.36 Å². The minimum absolute atomic E-state index is 0.105. The first-order chi connectivity index (χ1) is 15.4. The second-order valence-corrected chi connectivity index (χ2v) is 8.23. The van der Waals surface area contributed by atoms with Crippen molar-refractivity contribution < 1.29 is 14.3 Å². The number of carbonyl (C=O) groups excluding carboxylic acids is 1. The number of methoxy groups -OCH3 is 1. The van der Waals surface area contributed by atoms with Crippen molar-refractivity contribution in [1.82, 2.24) is 14.8 Å². The Balaban J connectivity index is 1.69. The van der Waals surface area contributed by atoms with Crippen LogP contribution in [0.1, 0.15) is 30.0 Å². The van der Waals surface area contributed by atoms with Crippen LogP contribution in [0.25, 0.3) is 0 Å². The van der Waals surface area contributed by atoms with Gasteiger partial charge in [-0.1, -0.05) is 36.0 Å². The molecule has 168 valence electrons. The molecule has 0 aliphatic rings. The molecule has 8 heteroatoms. The molecule has 1 heterocycles. The first-order valence-electron chi connectivity index (χ1n) is 10.3.